The Labute approximate surface area is 167 Å². The van der Waals surface area contributed by atoms with Crippen LogP contribution in [-0.4, -0.2) is 49.1 Å². The maximum absolute atomic E-state index is 4.74. The molecule has 2 unspecified atom stereocenters. The summed E-state index contributed by atoms with van der Waals surface area (Å²) in [4.78, 5) is 11.2. The predicted octanol–water partition coefficient (Wildman–Crippen LogP) is 3.64. The van der Waals surface area contributed by atoms with Crippen molar-refractivity contribution in [1.29, 1.82) is 0 Å². The Morgan fingerprint density at radius 2 is 2.11 bits per heavy atom. The molecule has 146 valence electrons. The van der Waals surface area contributed by atoms with Gasteiger partial charge in [-0.1, -0.05) is 25.1 Å². The molecule has 1 aliphatic rings. The average molecular weight is 386 g/mol. The highest BCUT2D eigenvalue weighted by Crippen LogP contribution is 2.29. The van der Waals surface area contributed by atoms with Gasteiger partial charge in [-0.3, -0.25) is 4.99 Å². The number of anilines is 1. The zero-order chi connectivity index (χ0) is 19.2. The van der Waals surface area contributed by atoms with E-state index in [0.717, 1.165) is 29.1 Å². The van der Waals surface area contributed by atoms with Crippen LogP contribution in [0.2, 0.25) is 0 Å². The van der Waals surface area contributed by atoms with Crippen LogP contribution in [0.5, 0.6) is 0 Å². The minimum absolute atomic E-state index is 0.520. The number of fused-ring (bicyclic) bond motifs is 1. The highest BCUT2D eigenvalue weighted by molar-refractivity contribution is 7.99. The molecule has 0 radical (unpaired) electrons. The van der Waals surface area contributed by atoms with Crippen molar-refractivity contribution >= 4 is 34.4 Å². The molecule has 1 aliphatic carbocycles. The molecule has 0 saturated heterocycles. The predicted molar refractivity (Wildman–Crippen MR) is 119 cm³/mol. The molecule has 0 aliphatic heterocycles. The van der Waals surface area contributed by atoms with E-state index in [1.807, 2.05) is 32.1 Å². The lowest BCUT2D eigenvalue weighted by molar-refractivity contribution is 0.615. The molecule has 1 fully saturated rings. The van der Waals surface area contributed by atoms with E-state index in [4.69, 9.17) is 4.98 Å². The van der Waals surface area contributed by atoms with Crippen molar-refractivity contribution in [3.05, 3.63) is 35.9 Å². The number of hydrogen-bond acceptors (Lipinski definition) is 4. The average Bonchev–Trinajstić information content (AvgIpc) is 3.11. The summed E-state index contributed by atoms with van der Waals surface area (Å²) in [6, 6.07) is 11.0. The molecule has 0 amide bonds. The van der Waals surface area contributed by atoms with Crippen molar-refractivity contribution in [3.63, 3.8) is 0 Å². The standard InChI is InChI=1S/C21H31N5S/c1-5-27-17-11-10-16(13-17)24-21(22-2)23-14-15-12-20(26(3)4)25-19-9-7-6-8-18(15)19/h6-9,12,16-17H,5,10-11,13-14H2,1-4H3,(H2,22,23,24). The lowest BCUT2D eigenvalue weighted by atomic mass is 10.1. The molecular formula is C21H31N5S. The number of aromatic nitrogens is 1. The largest absolute Gasteiger partial charge is 0.363 e. The summed E-state index contributed by atoms with van der Waals surface area (Å²) in [7, 11) is 5.90. The maximum atomic E-state index is 4.74. The van der Waals surface area contributed by atoms with E-state index >= 15 is 0 Å². The van der Waals surface area contributed by atoms with Gasteiger partial charge in [-0.05, 0) is 42.7 Å². The fraction of sp³-hybridized carbons (Fsp3) is 0.524. The Morgan fingerprint density at radius 1 is 1.30 bits per heavy atom. The minimum atomic E-state index is 0.520. The molecular weight excluding hydrogens is 354 g/mol. The highest BCUT2D eigenvalue weighted by atomic mass is 32.2. The maximum Gasteiger partial charge on any atom is 0.191 e. The third-order valence-corrected chi connectivity index (χ3v) is 6.28. The van der Waals surface area contributed by atoms with Gasteiger partial charge in [0.1, 0.15) is 5.82 Å². The van der Waals surface area contributed by atoms with Gasteiger partial charge in [-0.2, -0.15) is 11.8 Å². The van der Waals surface area contributed by atoms with Crippen LogP contribution in [-0.2, 0) is 6.54 Å². The Morgan fingerprint density at radius 3 is 2.85 bits per heavy atom. The van der Waals surface area contributed by atoms with Crippen molar-refractivity contribution in [2.24, 2.45) is 4.99 Å². The van der Waals surface area contributed by atoms with Crippen LogP contribution >= 0.6 is 11.8 Å². The summed E-state index contributed by atoms with van der Waals surface area (Å²) in [5, 5.41) is 9.09. The Bertz CT molecular complexity index is 789. The van der Waals surface area contributed by atoms with Crippen LogP contribution in [0.25, 0.3) is 10.9 Å². The Kier molecular flexibility index (Phi) is 6.83. The van der Waals surface area contributed by atoms with Gasteiger partial charge in [-0.15, -0.1) is 0 Å². The third-order valence-electron chi connectivity index (χ3n) is 5.04. The monoisotopic (exact) mass is 385 g/mol. The molecule has 1 saturated carbocycles. The molecule has 2 atom stereocenters. The second kappa shape index (κ2) is 9.31. The summed E-state index contributed by atoms with van der Waals surface area (Å²) in [6.45, 7) is 2.97. The van der Waals surface area contributed by atoms with E-state index < -0.39 is 0 Å². The number of rotatable bonds is 6. The van der Waals surface area contributed by atoms with Crippen LogP contribution in [0, 0.1) is 0 Å². The molecule has 1 aromatic heterocycles. The van der Waals surface area contributed by atoms with E-state index in [0.29, 0.717) is 6.04 Å². The molecule has 5 nitrogen and oxygen atoms in total. The molecule has 27 heavy (non-hydrogen) atoms. The first-order valence-electron chi connectivity index (χ1n) is 9.75. The number of aliphatic imine (C=N–C) groups is 1. The number of nitrogens with zero attached hydrogens (tertiary/aromatic N) is 3. The summed E-state index contributed by atoms with van der Waals surface area (Å²) >= 11 is 2.08. The van der Waals surface area contributed by atoms with Crippen LogP contribution in [0.15, 0.2) is 35.3 Å². The minimum Gasteiger partial charge on any atom is -0.363 e. The van der Waals surface area contributed by atoms with Gasteiger partial charge in [0, 0.05) is 44.4 Å². The highest BCUT2D eigenvalue weighted by Gasteiger charge is 2.25. The van der Waals surface area contributed by atoms with Crippen LogP contribution < -0.4 is 15.5 Å². The van der Waals surface area contributed by atoms with E-state index in [9.17, 15) is 0 Å². The smallest absolute Gasteiger partial charge is 0.191 e. The van der Waals surface area contributed by atoms with Crippen LogP contribution in [0.4, 0.5) is 5.82 Å². The number of thioether (sulfide) groups is 1. The van der Waals surface area contributed by atoms with Crippen molar-refractivity contribution in [2.45, 2.75) is 44.0 Å². The molecule has 2 aromatic rings. The summed E-state index contributed by atoms with van der Waals surface area (Å²) < 4.78 is 0. The summed E-state index contributed by atoms with van der Waals surface area (Å²) in [5.74, 6) is 3.06. The number of nitrogens with one attached hydrogen (secondary N) is 2. The number of pyridine rings is 1. The van der Waals surface area contributed by atoms with E-state index in [2.05, 4.69) is 58.6 Å². The molecule has 1 aromatic carbocycles. The van der Waals surface area contributed by atoms with Crippen molar-refractivity contribution in [2.75, 3.05) is 31.8 Å². The first kappa shape index (κ1) is 19.8. The number of benzene rings is 1. The first-order chi connectivity index (χ1) is 13.1. The Balaban J connectivity index is 1.68. The zero-order valence-corrected chi connectivity index (χ0v) is 17.6. The van der Waals surface area contributed by atoms with Gasteiger partial charge in [0.05, 0.1) is 5.52 Å². The SMILES string of the molecule is CCSC1CCC(NC(=NC)NCc2cc(N(C)C)nc3ccccc23)C1. The second-order valence-corrected chi connectivity index (χ2v) is 8.79. The third kappa shape index (κ3) is 5.06. The van der Waals surface area contributed by atoms with Gasteiger partial charge < -0.3 is 15.5 Å². The van der Waals surface area contributed by atoms with E-state index in [1.165, 1.54) is 36.0 Å². The lowest BCUT2D eigenvalue weighted by Gasteiger charge is -2.19. The van der Waals surface area contributed by atoms with Crippen molar-refractivity contribution in [3.8, 4) is 0 Å². The molecule has 0 spiro atoms. The summed E-state index contributed by atoms with van der Waals surface area (Å²) in [6.07, 6.45) is 3.75. The fourth-order valence-corrected chi connectivity index (χ4v) is 4.78. The first-order valence-corrected chi connectivity index (χ1v) is 10.8. The lowest BCUT2D eigenvalue weighted by Crippen LogP contribution is -2.42. The van der Waals surface area contributed by atoms with Crippen LogP contribution in [0.3, 0.4) is 0 Å². The number of para-hydroxylation sites is 1. The fourth-order valence-electron chi connectivity index (χ4n) is 3.63. The van der Waals surface area contributed by atoms with Gasteiger partial charge in [0.15, 0.2) is 5.96 Å². The number of hydrogen-bond donors (Lipinski definition) is 2. The second-order valence-electron chi connectivity index (χ2n) is 7.21. The normalized spacial score (nSPS) is 20.1. The van der Waals surface area contributed by atoms with Crippen molar-refractivity contribution < 1.29 is 0 Å². The molecule has 2 N–H and O–H groups in total. The molecule has 0 bridgehead atoms. The van der Waals surface area contributed by atoms with Gasteiger partial charge in [0.25, 0.3) is 0 Å². The molecule has 1 heterocycles. The quantitative estimate of drug-likeness (QED) is 0.587. The Hall–Kier alpha value is -1.95. The van der Waals surface area contributed by atoms with E-state index in [1.54, 1.807) is 0 Å². The number of guanidine groups is 1. The summed E-state index contributed by atoms with van der Waals surface area (Å²) in [5.41, 5.74) is 2.26. The molecule has 3 rings (SSSR count). The van der Waals surface area contributed by atoms with Crippen molar-refractivity contribution in [1.82, 2.24) is 15.6 Å². The van der Waals surface area contributed by atoms with Gasteiger partial charge in [-0.25, -0.2) is 4.98 Å². The molecule has 6 heteroatoms. The zero-order valence-electron chi connectivity index (χ0n) is 16.8. The van der Waals surface area contributed by atoms with Gasteiger partial charge in [0.2, 0.25) is 0 Å². The van der Waals surface area contributed by atoms with Gasteiger partial charge >= 0.3 is 0 Å². The van der Waals surface area contributed by atoms with Crippen LogP contribution in [0.1, 0.15) is 31.7 Å². The topological polar surface area (TPSA) is 52.6 Å². The van der Waals surface area contributed by atoms with E-state index in [-0.39, 0.29) is 0 Å².